The minimum Gasteiger partial charge on any atom is -0.298 e. The molecule has 0 saturated heterocycles. The van der Waals surface area contributed by atoms with Gasteiger partial charge >= 0.3 is 5.91 Å². The van der Waals surface area contributed by atoms with Crippen molar-refractivity contribution in [3.63, 3.8) is 0 Å². The first-order chi connectivity index (χ1) is 10.7. The largest absolute Gasteiger partial charge is 0.316 e. The first-order valence-electron chi connectivity index (χ1n) is 6.44. The van der Waals surface area contributed by atoms with E-state index >= 15 is 0 Å². The summed E-state index contributed by atoms with van der Waals surface area (Å²) < 4.78 is 0. The molecule has 0 aliphatic heterocycles. The number of aldehydes is 1. The Hall–Kier alpha value is -3.32. The van der Waals surface area contributed by atoms with E-state index in [1.54, 1.807) is 30.3 Å². The molecule has 0 N–H and O–H groups in total. The van der Waals surface area contributed by atoms with Gasteiger partial charge in [-0.1, -0.05) is 36.1 Å². The third kappa shape index (κ3) is 4.09. The molecule has 0 bridgehead atoms. The smallest absolute Gasteiger partial charge is 0.298 e. The fourth-order valence-corrected chi connectivity index (χ4v) is 1.70. The molecule has 106 valence electrons. The van der Waals surface area contributed by atoms with Crippen LogP contribution < -0.4 is 0 Å². The normalized spacial score (nSPS) is 9.82. The van der Waals surface area contributed by atoms with Crippen LogP contribution >= 0.6 is 0 Å². The molecule has 0 saturated carbocycles. The van der Waals surface area contributed by atoms with Gasteiger partial charge in [0.25, 0.3) is 0 Å². The van der Waals surface area contributed by atoms with Crippen LogP contribution in [0.3, 0.4) is 0 Å². The molecule has 1 amide bonds. The topological polar surface area (TPSA) is 63.6 Å². The number of amides is 1. The van der Waals surface area contributed by atoms with Gasteiger partial charge < -0.3 is 0 Å². The van der Waals surface area contributed by atoms with Gasteiger partial charge in [-0.05, 0) is 42.0 Å². The second kappa shape index (κ2) is 7.46. The van der Waals surface area contributed by atoms with Gasteiger partial charge in [0, 0.05) is 21.9 Å². The van der Waals surface area contributed by atoms with Gasteiger partial charge in [-0.15, -0.1) is 4.91 Å². The predicted molar refractivity (Wildman–Crippen MR) is 84.3 cm³/mol. The van der Waals surface area contributed by atoms with Gasteiger partial charge in [-0.25, -0.2) is 0 Å². The van der Waals surface area contributed by atoms with Gasteiger partial charge in [-0.3, -0.25) is 9.59 Å². The van der Waals surface area contributed by atoms with Crippen molar-refractivity contribution in [2.75, 3.05) is 0 Å². The highest BCUT2D eigenvalue weighted by Crippen LogP contribution is 2.06. The summed E-state index contributed by atoms with van der Waals surface area (Å²) in [5.74, 6) is 4.99. The van der Waals surface area contributed by atoms with Crippen molar-refractivity contribution in [3.05, 3.63) is 81.8 Å². The van der Waals surface area contributed by atoms with Crippen LogP contribution in [0.2, 0.25) is 0 Å². The van der Waals surface area contributed by atoms with E-state index < -0.39 is 5.91 Å². The molecule has 4 heteroatoms. The molecule has 0 radical (unpaired) electrons. The zero-order chi connectivity index (χ0) is 15.8. The molecule has 4 nitrogen and oxygen atoms in total. The molecule has 2 aromatic rings. The number of carbonyl (C=O) groups excluding carboxylic acids is 2. The maximum Gasteiger partial charge on any atom is 0.316 e. The minimum atomic E-state index is -0.793. The number of rotatable bonds is 3. The summed E-state index contributed by atoms with van der Waals surface area (Å²) in [6.07, 6.45) is 4.32. The number of carbonyl (C=O) groups is 2. The Labute approximate surface area is 127 Å². The molecule has 0 heterocycles. The van der Waals surface area contributed by atoms with E-state index in [0.29, 0.717) is 5.56 Å². The van der Waals surface area contributed by atoms with E-state index in [9.17, 15) is 14.5 Å². The minimum absolute atomic E-state index is 0.242. The van der Waals surface area contributed by atoms with Crippen LogP contribution in [0.4, 0.5) is 0 Å². The summed E-state index contributed by atoms with van der Waals surface area (Å²) in [6, 6.07) is 13.4. The summed E-state index contributed by atoms with van der Waals surface area (Å²) in [5, 5.41) is 2.35. The zero-order valence-electron chi connectivity index (χ0n) is 11.5. The van der Waals surface area contributed by atoms with E-state index in [1.165, 1.54) is 12.1 Å². The predicted octanol–water partition coefficient (Wildman–Crippen LogP) is 3.47. The molecular weight excluding hydrogens is 278 g/mol. The van der Waals surface area contributed by atoms with E-state index in [-0.39, 0.29) is 5.56 Å². The van der Waals surface area contributed by atoms with Crippen molar-refractivity contribution in [1.29, 1.82) is 0 Å². The van der Waals surface area contributed by atoms with Crippen molar-refractivity contribution in [2.24, 2.45) is 5.18 Å². The second-order valence-corrected chi connectivity index (χ2v) is 4.36. The Balaban J connectivity index is 2.03. The van der Waals surface area contributed by atoms with Crippen LogP contribution in [0, 0.1) is 16.7 Å². The fraction of sp³-hybridized carbons (Fsp3) is 0. The number of hydrogen-bond acceptors (Lipinski definition) is 3. The molecule has 0 spiro atoms. The van der Waals surface area contributed by atoms with E-state index in [4.69, 9.17) is 0 Å². The summed E-state index contributed by atoms with van der Waals surface area (Å²) in [5.41, 5.74) is 2.54. The molecule has 22 heavy (non-hydrogen) atoms. The van der Waals surface area contributed by atoms with Crippen LogP contribution in [-0.4, -0.2) is 12.2 Å². The maximum absolute atomic E-state index is 11.0. The SMILES string of the molecule is O=Cc1ccc(/C=C/C#Cc2ccc(C(=O)N=O)cc2)cc1. The van der Waals surface area contributed by atoms with Crippen LogP contribution in [0.5, 0.6) is 0 Å². The highest BCUT2D eigenvalue weighted by atomic mass is 16.3. The number of hydrogen-bond donors (Lipinski definition) is 0. The number of allylic oxidation sites excluding steroid dienone is 1. The molecule has 0 atom stereocenters. The second-order valence-electron chi connectivity index (χ2n) is 4.36. The lowest BCUT2D eigenvalue weighted by molar-refractivity contribution is 0.100. The fourth-order valence-electron chi connectivity index (χ4n) is 1.70. The Kier molecular flexibility index (Phi) is 5.11. The van der Waals surface area contributed by atoms with E-state index in [0.717, 1.165) is 17.4 Å². The molecule has 0 aliphatic rings. The highest BCUT2D eigenvalue weighted by molar-refractivity contribution is 5.94. The molecule has 2 rings (SSSR count). The lowest BCUT2D eigenvalue weighted by Crippen LogP contribution is -1.92. The zero-order valence-corrected chi connectivity index (χ0v) is 11.5. The summed E-state index contributed by atoms with van der Waals surface area (Å²) in [6.45, 7) is 0. The van der Waals surface area contributed by atoms with Crippen LogP contribution in [0.1, 0.15) is 31.8 Å². The Bertz CT molecular complexity index is 776. The lowest BCUT2D eigenvalue weighted by atomic mass is 10.1. The average Bonchev–Trinajstić information content (AvgIpc) is 2.59. The Morgan fingerprint density at radius 2 is 1.59 bits per heavy atom. The van der Waals surface area contributed by atoms with Gasteiger partial charge in [0.2, 0.25) is 0 Å². The third-order valence-electron chi connectivity index (χ3n) is 2.86. The van der Waals surface area contributed by atoms with Crippen molar-refractivity contribution in [3.8, 4) is 11.8 Å². The van der Waals surface area contributed by atoms with Crippen LogP contribution in [-0.2, 0) is 0 Å². The van der Waals surface area contributed by atoms with Gasteiger partial charge in [0.05, 0.1) is 0 Å². The highest BCUT2D eigenvalue weighted by Gasteiger charge is 2.03. The first-order valence-corrected chi connectivity index (χ1v) is 6.44. The number of benzene rings is 2. The number of nitrogens with zero attached hydrogens (tertiary/aromatic N) is 1. The Morgan fingerprint density at radius 3 is 2.18 bits per heavy atom. The molecule has 0 aliphatic carbocycles. The van der Waals surface area contributed by atoms with Gasteiger partial charge in [0.1, 0.15) is 6.29 Å². The third-order valence-corrected chi connectivity index (χ3v) is 2.86. The molecule has 0 aromatic heterocycles. The standard InChI is InChI=1S/C18H11NO3/c20-13-16-7-5-14(6-8-16)3-1-2-4-15-9-11-17(12-10-15)18(21)19-22/h1,3,5-13H/b3-1+. The Morgan fingerprint density at radius 1 is 0.955 bits per heavy atom. The first kappa shape index (κ1) is 15.1. The summed E-state index contributed by atoms with van der Waals surface area (Å²) in [4.78, 5) is 31.7. The van der Waals surface area contributed by atoms with E-state index in [2.05, 4.69) is 17.0 Å². The monoisotopic (exact) mass is 289 g/mol. The van der Waals surface area contributed by atoms with Crippen molar-refractivity contribution < 1.29 is 9.59 Å². The maximum atomic E-state index is 11.0. The van der Waals surface area contributed by atoms with Crippen molar-refractivity contribution >= 4 is 18.3 Å². The quantitative estimate of drug-likeness (QED) is 0.493. The van der Waals surface area contributed by atoms with Gasteiger partial charge in [-0.2, -0.15) is 0 Å². The lowest BCUT2D eigenvalue weighted by Gasteiger charge is -1.93. The molecule has 0 unspecified atom stereocenters. The van der Waals surface area contributed by atoms with E-state index in [1.807, 2.05) is 18.2 Å². The van der Waals surface area contributed by atoms with Crippen LogP contribution in [0.25, 0.3) is 6.08 Å². The average molecular weight is 289 g/mol. The number of nitroso groups, excluding NO2 is 1. The summed E-state index contributed by atoms with van der Waals surface area (Å²) >= 11 is 0. The van der Waals surface area contributed by atoms with Gasteiger partial charge in [0.15, 0.2) is 0 Å². The molecular formula is C18H11NO3. The van der Waals surface area contributed by atoms with Crippen molar-refractivity contribution in [2.45, 2.75) is 0 Å². The van der Waals surface area contributed by atoms with Crippen molar-refractivity contribution in [1.82, 2.24) is 0 Å². The molecule has 2 aromatic carbocycles. The molecule has 0 fully saturated rings. The summed E-state index contributed by atoms with van der Waals surface area (Å²) in [7, 11) is 0. The van der Waals surface area contributed by atoms with Crippen LogP contribution in [0.15, 0.2) is 59.8 Å².